The summed E-state index contributed by atoms with van der Waals surface area (Å²) in [5.41, 5.74) is -0.220. The van der Waals surface area contributed by atoms with Crippen LogP contribution in [0.2, 0.25) is 5.02 Å². The summed E-state index contributed by atoms with van der Waals surface area (Å²) < 4.78 is 5.04. The number of hydrogen-bond donors (Lipinski definition) is 0. The Balaban J connectivity index is 3.39. The van der Waals surface area contributed by atoms with Gasteiger partial charge in [0.25, 0.3) is 0 Å². The van der Waals surface area contributed by atoms with Crippen LogP contribution < -0.4 is 4.74 Å². The molecule has 6 heteroatoms. The number of rotatable bonds is 4. The summed E-state index contributed by atoms with van der Waals surface area (Å²) in [6.45, 7) is 1.91. The lowest BCUT2D eigenvalue weighted by Crippen LogP contribution is -2.01. The van der Waals surface area contributed by atoms with Gasteiger partial charge < -0.3 is 4.74 Å². The summed E-state index contributed by atoms with van der Waals surface area (Å²) in [7, 11) is 0. The van der Waals surface area contributed by atoms with E-state index in [-0.39, 0.29) is 28.6 Å². The molecule has 0 fully saturated rings. The van der Waals surface area contributed by atoms with Crippen molar-refractivity contribution in [3.05, 3.63) is 32.8 Å². The molecule has 0 aliphatic heterocycles. The van der Waals surface area contributed by atoms with Gasteiger partial charge >= 0.3 is 5.69 Å². The van der Waals surface area contributed by atoms with Crippen molar-refractivity contribution in [3.8, 4) is 5.75 Å². The molecule has 0 unspecified atom stereocenters. The van der Waals surface area contributed by atoms with Gasteiger partial charge in [0.05, 0.1) is 17.1 Å². The van der Waals surface area contributed by atoms with Crippen LogP contribution in [0.1, 0.15) is 17.3 Å². The van der Waals surface area contributed by atoms with Crippen molar-refractivity contribution in [1.29, 1.82) is 0 Å². The highest BCUT2D eigenvalue weighted by Gasteiger charge is 2.20. The lowest BCUT2D eigenvalue weighted by molar-refractivity contribution is -0.385. The molecule has 0 bridgehead atoms. The van der Waals surface area contributed by atoms with Crippen molar-refractivity contribution in [3.63, 3.8) is 0 Å². The molecule has 5 nitrogen and oxygen atoms in total. The first-order chi connectivity index (χ1) is 7.10. The molecule has 15 heavy (non-hydrogen) atoms. The van der Waals surface area contributed by atoms with E-state index in [0.717, 1.165) is 6.07 Å². The maximum atomic E-state index is 10.7. The Morgan fingerprint density at radius 3 is 2.73 bits per heavy atom. The van der Waals surface area contributed by atoms with Crippen LogP contribution in [0.4, 0.5) is 5.69 Å². The fraction of sp³-hybridized carbons (Fsp3) is 0.222. The van der Waals surface area contributed by atoms with Crippen LogP contribution in [0.15, 0.2) is 12.1 Å². The Labute approximate surface area is 90.8 Å². The van der Waals surface area contributed by atoms with Crippen LogP contribution in [-0.4, -0.2) is 17.8 Å². The predicted octanol–water partition coefficient (Wildman–Crippen LogP) is 2.46. The molecule has 1 aromatic rings. The van der Waals surface area contributed by atoms with Crippen LogP contribution in [0.25, 0.3) is 0 Å². The van der Waals surface area contributed by atoms with Crippen molar-refractivity contribution in [2.75, 3.05) is 6.61 Å². The monoisotopic (exact) mass is 229 g/mol. The van der Waals surface area contributed by atoms with E-state index in [1.807, 2.05) is 0 Å². The number of aldehydes is 1. The summed E-state index contributed by atoms with van der Waals surface area (Å²) in [5, 5.41) is 10.8. The van der Waals surface area contributed by atoms with Crippen LogP contribution in [0.3, 0.4) is 0 Å². The minimum absolute atomic E-state index is 0.0399. The first-order valence-electron chi connectivity index (χ1n) is 4.16. The quantitative estimate of drug-likeness (QED) is 0.452. The molecule has 80 valence electrons. The molecule has 0 amide bonds. The van der Waals surface area contributed by atoms with E-state index in [4.69, 9.17) is 16.3 Å². The molecule has 0 saturated heterocycles. The summed E-state index contributed by atoms with van der Waals surface area (Å²) >= 11 is 5.63. The molecular weight excluding hydrogens is 222 g/mol. The zero-order valence-electron chi connectivity index (χ0n) is 7.90. The van der Waals surface area contributed by atoms with Crippen molar-refractivity contribution < 1.29 is 14.5 Å². The van der Waals surface area contributed by atoms with Gasteiger partial charge in [-0.1, -0.05) is 11.6 Å². The van der Waals surface area contributed by atoms with Crippen LogP contribution in [-0.2, 0) is 0 Å². The lowest BCUT2D eigenvalue weighted by atomic mass is 10.2. The van der Waals surface area contributed by atoms with Crippen molar-refractivity contribution in [2.45, 2.75) is 6.92 Å². The minimum atomic E-state index is -0.635. The fourth-order valence-corrected chi connectivity index (χ4v) is 1.35. The van der Waals surface area contributed by atoms with Gasteiger partial charge in [-0.2, -0.15) is 0 Å². The number of halogens is 1. The molecule has 0 spiro atoms. The van der Waals surface area contributed by atoms with Gasteiger partial charge in [-0.15, -0.1) is 0 Å². The third-order valence-electron chi connectivity index (χ3n) is 1.68. The van der Waals surface area contributed by atoms with E-state index in [0.29, 0.717) is 6.29 Å². The molecular formula is C9H8ClNO4. The lowest BCUT2D eigenvalue weighted by Gasteiger charge is -2.06. The standard InChI is InChI=1S/C9H8ClNO4/c1-2-15-9-6(5-12)3-7(10)4-8(9)11(13)14/h3-5H,2H2,1H3. The Hall–Kier alpha value is -1.62. The first kappa shape index (κ1) is 11.5. The molecule has 0 saturated carbocycles. The number of nitrogens with zero attached hydrogens (tertiary/aromatic N) is 1. The number of hydrogen-bond acceptors (Lipinski definition) is 4. The molecule has 0 radical (unpaired) electrons. The molecule has 1 rings (SSSR count). The van der Waals surface area contributed by atoms with Crippen LogP contribution in [0, 0.1) is 10.1 Å². The molecule has 0 aliphatic carbocycles. The number of ether oxygens (including phenoxy) is 1. The second-order valence-corrected chi connectivity index (χ2v) is 3.09. The predicted molar refractivity (Wildman–Crippen MR) is 54.7 cm³/mol. The number of carbonyl (C=O) groups excluding carboxylic acids is 1. The van der Waals surface area contributed by atoms with Crippen LogP contribution in [0.5, 0.6) is 5.75 Å². The van der Waals surface area contributed by atoms with E-state index in [1.165, 1.54) is 6.07 Å². The maximum absolute atomic E-state index is 10.7. The SMILES string of the molecule is CCOc1c(C=O)cc(Cl)cc1[N+](=O)[O-]. The smallest absolute Gasteiger partial charge is 0.313 e. The molecule has 0 atom stereocenters. The zero-order valence-corrected chi connectivity index (χ0v) is 8.65. The summed E-state index contributed by atoms with van der Waals surface area (Å²) in [6, 6.07) is 2.48. The highest BCUT2D eigenvalue weighted by Crippen LogP contribution is 2.33. The van der Waals surface area contributed by atoms with Crippen molar-refractivity contribution >= 4 is 23.6 Å². The minimum Gasteiger partial charge on any atom is -0.487 e. The first-order valence-corrected chi connectivity index (χ1v) is 4.53. The van der Waals surface area contributed by atoms with Gasteiger partial charge in [0.2, 0.25) is 5.75 Å². The average Bonchev–Trinajstić information content (AvgIpc) is 2.19. The summed E-state index contributed by atoms with van der Waals surface area (Å²) in [6.07, 6.45) is 0.476. The van der Waals surface area contributed by atoms with Gasteiger partial charge in [0.1, 0.15) is 0 Å². The Bertz CT molecular complexity index is 405. The summed E-state index contributed by atoms with van der Waals surface area (Å²) in [5.74, 6) is -0.0399. The van der Waals surface area contributed by atoms with Crippen molar-refractivity contribution in [2.24, 2.45) is 0 Å². The van der Waals surface area contributed by atoms with E-state index in [2.05, 4.69) is 0 Å². The topological polar surface area (TPSA) is 69.4 Å². The second-order valence-electron chi connectivity index (χ2n) is 2.65. The highest BCUT2D eigenvalue weighted by atomic mass is 35.5. The number of nitro groups is 1. The molecule has 0 heterocycles. The number of benzene rings is 1. The van der Waals surface area contributed by atoms with Crippen molar-refractivity contribution in [1.82, 2.24) is 0 Å². The second kappa shape index (κ2) is 4.75. The van der Waals surface area contributed by atoms with Gasteiger partial charge in [0, 0.05) is 11.1 Å². The third-order valence-corrected chi connectivity index (χ3v) is 1.89. The number of carbonyl (C=O) groups is 1. The Kier molecular flexibility index (Phi) is 3.62. The number of nitro benzene ring substituents is 1. The molecule has 0 aromatic heterocycles. The fourth-order valence-electron chi connectivity index (χ4n) is 1.12. The summed E-state index contributed by atoms with van der Waals surface area (Å²) in [4.78, 5) is 20.7. The van der Waals surface area contributed by atoms with E-state index in [1.54, 1.807) is 6.92 Å². The van der Waals surface area contributed by atoms with E-state index < -0.39 is 4.92 Å². The molecule has 0 aliphatic rings. The van der Waals surface area contributed by atoms with Gasteiger partial charge in [0.15, 0.2) is 6.29 Å². The van der Waals surface area contributed by atoms with Gasteiger partial charge in [-0.3, -0.25) is 14.9 Å². The van der Waals surface area contributed by atoms with Gasteiger partial charge in [-0.25, -0.2) is 0 Å². The van der Waals surface area contributed by atoms with E-state index in [9.17, 15) is 14.9 Å². The normalized spacial score (nSPS) is 9.73. The molecule has 1 aromatic carbocycles. The maximum Gasteiger partial charge on any atom is 0.313 e. The Morgan fingerprint density at radius 2 is 2.27 bits per heavy atom. The highest BCUT2D eigenvalue weighted by molar-refractivity contribution is 6.31. The van der Waals surface area contributed by atoms with E-state index >= 15 is 0 Å². The largest absolute Gasteiger partial charge is 0.487 e. The average molecular weight is 230 g/mol. The van der Waals surface area contributed by atoms with Gasteiger partial charge in [-0.05, 0) is 13.0 Å². The molecule has 0 N–H and O–H groups in total. The van der Waals surface area contributed by atoms with Crippen LogP contribution >= 0.6 is 11.6 Å². The zero-order chi connectivity index (χ0) is 11.4. The Morgan fingerprint density at radius 1 is 1.60 bits per heavy atom. The third kappa shape index (κ3) is 2.44.